The fourth-order valence-corrected chi connectivity index (χ4v) is 6.17. The average Bonchev–Trinajstić information content (AvgIpc) is 3.40. The van der Waals surface area contributed by atoms with Crippen molar-refractivity contribution in [3.8, 4) is 22.4 Å². The van der Waals surface area contributed by atoms with Gasteiger partial charge in [0.1, 0.15) is 6.67 Å². The Morgan fingerprint density at radius 1 is 1.04 bits per heavy atom. The van der Waals surface area contributed by atoms with E-state index in [9.17, 15) is 14.3 Å². The summed E-state index contributed by atoms with van der Waals surface area (Å²) >= 11 is 0. The number of carboxylic acid groups (broad SMARTS) is 1. The highest BCUT2D eigenvalue weighted by atomic mass is 19.1. The minimum atomic E-state index is -0.508. The van der Waals surface area contributed by atoms with Gasteiger partial charge in [-0.05, 0) is 103 Å². The number of ether oxygens (including phenoxy) is 1. The van der Waals surface area contributed by atoms with Crippen LogP contribution in [0.1, 0.15) is 81.9 Å². The second kappa shape index (κ2) is 19.0. The molecule has 9 nitrogen and oxygen atoms in total. The predicted molar refractivity (Wildman–Crippen MR) is 189 cm³/mol. The molecule has 1 atom stereocenters. The summed E-state index contributed by atoms with van der Waals surface area (Å²) in [5, 5.41) is 18.3. The van der Waals surface area contributed by atoms with Gasteiger partial charge in [0.25, 0.3) is 6.47 Å². The molecule has 2 heterocycles. The largest absolute Gasteiger partial charge is 0.483 e. The van der Waals surface area contributed by atoms with E-state index in [2.05, 4.69) is 66.5 Å². The number of pyridine rings is 1. The number of methoxy groups -OCH3 is 1. The van der Waals surface area contributed by atoms with E-state index in [1.54, 1.807) is 7.11 Å². The van der Waals surface area contributed by atoms with Crippen LogP contribution < -0.4 is 10.9 Å². The monoisotopic (exact) mass is 662 g/mol. The number of carbonyl (C=O) groups is 2. The standard InChI is InChI=1S/C37H49FN4O3.CH2O2/c1-6-42-34-15-14-29(30-19-27(18-28(20-30)23-38)12-9-7-8-10-17-40-41-25-44)21-32(34)33(22-37(3,4)24-43)36(42)31-13-11-16-39-35(31)26(2)45-5;2-1-3/h11,13-16,18-21,25-26,40,43H,6-10,12,17,22-24H2,1-5H3,(H,41,44);1H,(H,2,3). The lowest BCUT2D eigenvalue weighted by molar-refractivity contribution is -0.122. The van der Waals surface area contributed by atoms with E-state index in [1.165, 1.54) is 5.56 Å². The fraction of sp³-hybridized carbons (Fsp3) is 0.447. The van der Waals surface area contributed by atoms with Gasteiger partial charge in [-0.2, -0.15) is 0 Å². The van der Waals surface area contributed by atoms with Crippen molar-refractivity contribution >= 4 is 23.8 Å². The fourth-order valence-electron chi connectivity index (χ4n) is 6.17. The number of rotatable bonds is 18. The number of hydrogen-bond acceptors (Lipinski definition) is 6. The molecule has 1 amide bonds. The Morgan fingerprint density at radius 2 is 1.77 bits per heavy atom. The van der Waals surface area contributed by atoms with Crippen molar-refractivity contribution in [2.45, 2.75) is 85.5 Å². The number of carbonyl (C=O) groups excluding carboxylic acids is 1. The van der Waals surface area contributed by atoms with Gasteiger partial charge in [0.15, 0.2) is 0 Å². The number of aliphatic hydroxyl groups is 1. The summed E-state index contributed by atoms with van der Waals surface area (Å²) in [4.78, 5) is 23.4. The average molecular weight is 663 g/mol. The van der Waals surface area contributed by atoms with Crippen molar-refractivity contribution < 1.29 is 28.9 Å². The number of nitrogens with one attached hydrogen (secondary N) is 2. The lowest BCUT2D eigenvalue weighted by Crippen LogP contribution is -2.30. The second-order valence-corrected chi connectivity index (χ2v) is 12.7. The van der Waals surface area contributed by atoms with E-state index < -0.39 is 6.67 Å². The molecule has 4 N–H and O–H groups in total. The molecular weight excluding hydrogens is 611 g/mol. The Morgan fingerprint density at radius 3 is 2.44 bits per heavy atom. The van der Waals surface area contributed by atoms with Gasteiger partial charge in [0.05, 0.1) is 17.5 Å². The predicted octanol–water partition coefficient (Wildman–Crippen LogP) is 7.18. The lowest BCUT2D eigenvalue weighted by atomic mass is 9.84. The normalized spacial score (nSPS) is 12.0. The molecule has 4 rings (SSSR count). The van der Waals surface area contributed by atoms with Crippen LogP contribution in [0.4, 0.5) is 4.39 Å². The number of aryl methyl sites for hydroxylation is 2. The molecule has 0 aliphatic carbocycles. The van der Waals surface area contributed by atoms with E-state index >= 15 is 0 Å². The number of halogens is 1. The number of aliphatic hydroxyl groups excluding tert-OH is 1. The molecule has 0 spiro atoms. The summed E-state index contributed by atoms with van der Waals surface area (Å²) < 4.78 is 22.1. The molecule has 0 saturated carbocycles. The van der Waals surface area contributed by atoms with Crippen LogP contribution in [-0.2, 0) is 40.4 Å². The number of aromatic nitrogens is 2. The number of amides is 1. The van der Waals surface area contributed by atoms with E-state index in [1.807, 2.05) is 31.3 Å². The van der Waals surface area contributed by atoms with Crippen molar-refractivity contribution in [2.75, 3.05) is 20.3 Å². The minimum Gasteiger partial charge on any atom is -0.483 e. The van der Waals surface area contributed by atoms with Crippen LogP contribution in [0.2, 0.25) is 0 Å². The van der Waals surface area contributed by atoms with Crippen LogP contribution in [-0.4, -0.2) is 52.9 Å². The molecule has 2 aromatic carbocycles. The Balaban J connectivity index is 0.00000201. The van der Waals surface area contributed by atoms with Gasteiger partial charge in [-0.1, -0.05) is 44.9 Å². The zero-order valence-electron chi connectivity index (χ0n) is 28.9. The van der Waals surface area contributed by atoms with Crippen LogP contribution in [0, 0.1) is 5.41 Å². The highest BCUT2D eigenvalue weighted by molar-refractivity contribution is 5.95. The summed E-state index contributed by atoms with van der Waals surface area (Å²) in [5.41, 5.74) is 14.2. The topological polar surface area (TPSA) is 126 Å². The first-order chi connectivity index (χ1) is 23.2. The van der Waals surface area contributed by atoms with E-state index in [-0.39, 0.29) is 24.6 Å². The molecule has 2 aromatic heterocycles. The highest BCUT2D eigenvalue weighted by Gasteiger charge is 2.27. The van der Waals surface area contributed by atoms with Crippen LogP contribution in [0.3, 0.4) is 0 Å². The third-order valence-electron chi connectivity index (χ3n) is 8.62. The number of benzene rings is 2. The highest BCUT2D eigenvalue weighted by Crippen LogP contribution is 2.41. The summed E-state index contributed by atoms with van der Waals surface area (Å²) in [6.07, 6.45) is 7.96. The van der Waals surface area contributed by atoms with Crippen LogP contribution in [0.25, 0.3) is 33.3 Å². The smallest absolute Gasteiger partial charge is 0.290 e. The molecule has 0 saturated heterocycles. The van der Waals surface area contributed by atoms with Gasteiger partial charge < -0.3 is 19.5 Å². The van der Waals surface area contributed by atoms with Crippen molar-refractivity contribution in [2.24, 2.45) is 5.41 Å². The van der Waals surface area contributed by atoms with E-state index in [0.29, 0.717) is 18.4 Å². The number of fused-ring (bicyclic) bond motifs is 1. The summed E-state index contributed by atoms with van der Waals surface area (Å²) in [7, 11) is 1.70. The SMILES string of the molecule is CCn1c(-c2cccnc2C(C)OC)c(CC(C)(C)CO)c2cc(-c3cc(CF)cc(CCCCCCNNC=O)c3)ccc21.O=CO. The van der Waals surface area contributed by atoms with Crippen LogP contribution in [0.5, 0.6) is 0 Å². The first-order valence-corrected chi connectivity index (χ1v) is 16.6. The Hall–Kier alpha value is -4.12. The van der Waals surface area contributed by atoms with Crippen LogP contribution in [0.15, 0.2) is 54.7 Å². The van der Waals surface area contributed by atoms with Crippen molar-refractivity contribution in [3.05, 3.63) is 77.1 Å². The molecule has 1 unspecified atom stereocenters. The lowest BCUT2D eigenvalue weighted by Gasteiger charge is -2.23. The molecule has 10 heteroatoms. The summed E-state index contributed by atoms with van der Waals surface area (Å²) in [5.74, 6) is 0. The van der Waals surface area contributed by atoms with Crippen molar-refractivity contribution in [1.82, 2.24) is 20.4 Å². The minimum absolute atomic E-state index is 0.0628. The van der Waals surface area contributed by atoms with Crippen molar-refractivity contribution in [1.29, 1.82) is 0 Å². The number of alkyl halides is 1. The number of hydrazine groups is 1. The quantitative estimate of drug-likeness (QED) is 0.0505. The van der Waals surface area contributed by atoms with Gasteiger partial charge >= 0.3 is 0 Å². The Bertz CT molecular complexity index is 1620. The van der Waals surface area contributed by atoms with Gasteiger partial charge in [-0.25, -0.2) is 9.82 Å². The van der Waals surface area contributed by atoms with E-state index in [4.69, 9.17) is 19.6 Å². The number of unbranched alkanes of at least 4 members (excludes halogenated alkanes) is 3. The molecule has 0 radical (unpaired) electrons. The number of nitrogens with zero attached hydrogens (tertiary/aromatic N) is 2. The second-order valence-electron chi connectivity index (χ2n) is 12.7. The Kier molecular flexibility index (Phi) is 15.2. The first-order valence-electron chi connectivity index (χ1n) is 16.6. The third kappa shape index (κ3) is 9.95. The first kappa shape index (κ1) is 38.3. The molecule has 0 bridgehead atoms. The third-order valence-corrected chi connectivity index (χ3v) is 8.62. The molecule has 0 aliphatic heterocycles. The molecule has 0 fully saturated rings. The van der Waals surface area contributed by atoms with E-state index in [0.717, 1.165) is 89.7 Å². The maximum atomic E-state index is 14.1. The zero-order valence-corrected chi connectivity index (χ0v) is 28.9. The van der Waals surface area contributed by atoms with Gasteiger partial charge in [0.2, 0.25) is 6.41 Å². The maximum absolute atomic E-state index is 14.1. The molecular formula is C38H51FN4O5. The van der Waals surface area contributed by atoms with Gasteiger partial charge in [-0.3, -0.25) is 20.0 Å². The summed E-state index contributed by atoms with van der Waals surface area (Å²) in [6, 6.07) is 16.8. The van der Waals surface area contributed by atoms with Crippen molar-refractivity contribution in [3.63, 3.8) is 0 Å². The molecule has 260 valence electrons. The maximum Gasteiger partial charge on any atom is 0.290 e. The Labute approximate surface area is 283 Å². The van der Waals surface area contributed by atoms with Gasteiger partial charge in [-0.15, -0.1) is 0 Å². The number of hydrogen-bond donors (Lipinski definition) is 4. The molecule has 4 aromatic rings. The zero-order chi connectivity index (χ0) is 35.1. The summed E-state index contributed by atoms with van der Waals surface area (Å²) in [6.45, 7) is 9.17. The van der Waals surface area contributed by atoms with Crippen LogP contribution >= 0.6 is 0 Å². The molecule has 0 aliphatic rings. The van der Waals surface area contributed by atoms with Gasteiger partial charge in [0, 0.05) is 49.5 Å². The molecule has 48 heavy (non-hydrogen) atoms.